The van der Waals surface area contributed by atoms with Gasteiger partial charge < -0.3 is 9.88 Å². The van der Waals surface area contributed by atoms with Gasteiger partial charge in [-0.15, -0.1) is 10.2 Å². The molecule has 5 nitrogen and oxygen atoms in total. The third-order valence-corrected chi connectivity index (χ3v) is 2.88. The van der Waals surface area contributed by atoms with E-state index in [0.29, 0.717) is 13.0 Å². The number of carbonyl (C=O) groups excluding carboxylic acids is 1. The van der Waals surface area contributed by atoms with Crippen molar-refractivity contribution in [3.05, 3.63) is 30.5 Å². The number of nitrogens with one attached hydrogen (secondary N) is 1. The number of rotatable bonds is 2. The quantitative estimate of drug-likeness (QED) is 0.840. The maximum Gasteiger partial charge on any atom is 0.153 e. The monoisotopic (exact) mass is 228 g/mol. The summed E-state index contributed by atoms with van der Waals surface area (Å²) in [6.45, 7) is 1.20. The van der Waals surface area contributed by atoms with Crippen LogP contribution in [0.5, 0.6) is 0 Å². The van der Waals surface area contributed by atoms with Crippen LogP contribution >= 0.6 is 0 Å². The molecule has 1 N–H and O–H groups in total. The predicted octanol–water partition coefficient (Wildman–Crippen LogP) is 1.25. The Morgan fingerprint density at radius 3 is 2.76 bits per heavy atom. The molecule has 0 radical (unpaired) electrons. The number of aromatic amines is 1. The van der Waals surface area contributed by atoms with Gasteiger partial charge in [-0.2, -0.15) is 0 Å². The van der Waals surface area contributed by atoms with Crippen molar-refractivity contribution < 1.29 is 4.79 Å². The van der Waals surface area contributed by atoms with Crippen LogP contribution in [0.2, 0.25) is 0 Å². The highest BCUT2D eigenvalue weighted by Crippen LogP contribution is 2.18. The molecule has 0 amide bonds. The lowest BCUT2D eigenvalue weighted by atomic mass is 10.3. The summed E-state index contributed by atoms with van der Waals surface area (Å²) in [5.41, 5.74) is 1.76. The van der Waals surface area contributed by atoms with Crippen molar-refractivity contribution in [1.82, 2.24) is 15.2 Å². The fourth-order valence-corrected chi connectivity index (χ4v) is 1.95. The van der Waals surface area contributed by atoms with Crippen LogP contribution in [0.4, 0.5) is 5.82 Å². The zero-order valence-electron chi connectivity index (χ0n) is 9.26. The summed E-state index contributed by atoms with van der Waals surface area (Å²) in [5.74, 6) is 1.03. The normalized spacial score (nSPS) is 15.5. The summed E-state index contributed by atoms with van der Waals surface area (Å²) in [6.07, 6.45) is 2.46. The van der Waals surface area contributed by atoms with Crippen molar-refractivity contribution in [3.8, 4) is 11.4 Å². The van der Waals surface area contributed by atoms with Gasteiger partial charge in [-0.1, -0.05) is 0 Å². The van der Waals surface area contributed by atoms with Gasteiger partial charge in [0, 0.05) is 19.2 Å². The smallest absolute Gasteiger partial charge is 0.153 e. The molecular formula is C12H12N4O. The second kappa shape index (κ2) is 4.01. The molecule has 2 aromatic heterocycles. The van der Waals surface area contributed by atoms with E-state index in [1.807, 2.05) is 35.4 Å². The number of Topliss-reactive ketones (excluding diaryl/α,β-unsaturated/α-hetero) is 1. The minimum Gasteiger partial charge on any atom is -0.360 e. The van der Waals surface area contributed by atoms with Crippen molar-refractivity contribution in [1.29, 1.82) is 0 Å². The van der Waals surface area contributed by atoms with Gasteiger partial charge in [0.05, 0.1) is 12.2 Å². The average Bonchev–Trinajstić information content (AvgIpc) is 3.00. The summed E-state index contributed by atoms with van der Waals surface area (Å²) in [7, 11) is 0. The highest BCUT2D eigenvalue weighted by Gasteiger charge is 2.20. The van der Waals surface area contributed by atoms with Gasteiger partial charge in [-0.3, -0.25) is 4.79 Å². The van der Waals surface area contributed by atoms with Crippen LogP contribution < -0.4 is 4.90 Å². The number of anilines is 1. The molecular weight excluding hydrogens is 216 g/mol. The molecule has 0 aromatic carbocycles. The van der Waals surface area contributed by atoms with E-state index in [-0.39, 0.29) is 5.78 Å². The molecule has 2 aromatic rings. The first-order chi connectivity index (χ1) is 8.33. The van der Waals surface area contributed by atoms with Crippen molar-refractivity contribution in [3.63, 3.8) is 0 Å². The van der Waals surface area contributed by atoms with Crippen molar-refractivity contribution >= 4 is 11.6 Å². The Balaban J connectivity index is 1.83. The lowest BCUT2D eigenvalue weighted by molar-refractivity contribution is -0.116. The van der Waals surface area contributed by atoms with Gasteiger partial charge >= 0.3 is 0 Å². The van der Waals surface area contributed by atoms with E-state index in [1.165, 1.54) is 0 Å². The molecule has 5 heteroatoms. The number of hydrogen-bond donors (Lipinski definition) is 1. The Kier molecular flexibility index (Phi) is 2.36. The standard InChI is InChI=1S/C12H12N4O/c17-9-5-7-16(8-9)12-4-3-11(14-15-12)10-2-1-6-13-10/h1-4,6,13H,5,7-8H2. The number of H-pyrrole nitrogens is 1. The second-order valence-electron chi connectivity index (χ2n) is 4.07. The van der Waals surface area contributed by atoms with Gasteiger partial charge in [-0.25, -0.2) is 0 Å². The third-order valence-electron chi connectivity index (χ3n) is 2.88. The zero-order chi connectivity index (χ0) is 11.7. The number of ketones is 1. The molecule has 1 saturated heterocycles. The maximum absolute atomic E-state index is 11.2. The Labute approximate surface area is 98.5 Å². The summed E-state index contributed by atoms with van der Waals surface area (Å²) in [6, 6.07) is 7.69. The first kappa shape index (κ1) is 10.0. The fraction of sp³-hybridized carbons (Fsp3) is 0.250. The Bertz CT molecular complexity index is 518. The zero-order valence-corrected chi connectivity index (χ0v) is 9.26. The van der Waals surface area contributed by atoms with Crippen molar-refractivity contribution in [2.75, 3.05) is 18.0 Å². The highest BCUT2D eigenvalue weighted by molar-refractivity contribution is 5.86. The number of aromatic nitrogens is 3. The van der Waals surface area contributed by atoms with Crippen LogP contribution in [0.1, 0.15) is 6.42 Å². The number of nitrogens with zero attached hydrogens (tertiary/aromatic N) is 3. The summed E-state index contributed by atoms with van der Waals surface area (Å²) < 4.78 is 0. The van der Waals surface area contributed by atoms with Crippen molar-refractivity contribution in [2.45, 2.75) is 6.42 Å². The van der Waals surface area contributed by atoms with Crippen LogP contribution in [-0.2, 0) is 4.79 Å². The first-order valence-electron chi connectivity index (χ1n) is 5.57. The SMILES string of the molecule is O=C1CCN(c2ccc(-c3ccc[nH]3)nn2)C1. The maximum atomic E-state index is 11.2. The van der Waals surface area contributed by atoms with Gasteiger partial charge in [0.1, 0.15) is 5.69 Å². The molecule has 3 rings (SSSR count). The second-order valence-corrected chi connectivity index (χ2v) is 4.07. The van der Waals surface area contributed by atoms with Crippen LogP contribution in [0, 0.1) is 0 Å². The molecule has 0 aliphatic carbocycles. The minimum absolute atomic E-state index is 0.264. The number of carbonyl (C=O) groups is 1. The van der Waals surface area contributed by atoms with E-state index in [9.17, 15) is 4.79 Å². The summed E-state index contributed by atoms with van der Waals surface area (Å²) >= 11 is 0. The molecule has 1 aliphatic heterocycles. The number of hydrogen-bond acceptors (Lipinski definition) is 4. The lowest BCUT2D eigenvalue weighted by Gasteiger charge is -2.14. The lowest BCUT2D eigenvalue weighted by Crippen LogP contribution is -2.21. The molecule has 0 saturated carbocycles. The summed E-state index contributed by atoms with van der Waals surface area (Å²) in [5, 5.41) is 8.31. The van der Waals surface area contributed by atoms with E-state index in [0.717, 1.165) is 23.8 Å². The molecule has 0 spiro atoms. The molecule has 0 atom stereocenters. The van der Waals surface area contributed by atoms with E-state index in [2.05, 4.69) is 15.2 Å². The molecule has 17 heavy (non-hydrogen) atoms. The van der Waals surface area contributed by atoms with E-state index in [4.69, 9.17) is 0 Å². The van der Waals surface area contributed by atoms with Gasteiger partial charge in [-0.05, 0) is 24.3 Å². The van der Waals surface area contributed by atoms with Gasteiger partial charge in [0.25, 0.3) is 0 Å². The minimum atomic E-state index is 0.264. The Morgan fingerprint density at radius 1 is 1.24 bits per heavy atom. The summed E-state index contributed by atoms with van der Waals surface area (Å²) in [4.78, 5) is 16.2. The molecule has 1 fully saturated rings. The topological polar surface area (TPSA) is 61.9 Å². The van der Waals surface area contributed by atoms with Crippen LogP contribution in [0.25, 0.3) is 11.4 Å². The van der Waals surface area contributed by atoms with E-state index in [1.54, 1.807) is 0 Å². The Hall–Kier alpha value is -2.17. The fourth-order valence-electron chi connectivity index (χ4n) is 1.95. The first-order valence-corrected chi connectivity index (χ1v) is 5.57. The van der Waals surface area contributed by atoms with Crippen LogP contribution in [0.15, 0.2) is 30.5 Å². The molecule has 1 aliphatic rings. The molecule has 0 unspecified atom stereocenters. The Morgan fingerprint density at radius 2 is 2.18 bits per heavy atom. The van der Waals surface area contributed by atoms with E-state index >= 15 is 0 Å². The van der Waals surface area contributed by atoms with Crippen molar-refractivity contribution in [2.24, 2.45) is 0 Å². The highest BCUT2D eigenvalue weighted by atomic mass is 16.1. The third kappa shape index (κ3) is 1.91. The van der Waals surface area contributed by atoms with Crippen LogP contribution in [0.3, 0.4) is 0 Å². The molecule has 0 bridgehead atoms. The predicted molar refractivity (Wildman–Crippen MR) is 63.7 cm³/mol. The average molecular weight is 228 g/mol. The van der Waals surface area contributed by atoms with Crippen LogP contribution in [-0.4, -0.2) is 34.1 Å². The van der Waals surface area contributed by atoms with E-state index < -0.39 is 0 Å². The largest absolute Gasteiger partial charge is 0.360 e. The molecule has 3 heterocycles. The van der Waals surface area contributed by atoms with Gasteiger partial charge in [0.15, 0.2) is 11.6 Å². The van der Waals surface area contributed by atoms with Gasteiger partial charge in [0.2, 0.25) is 0 Å². The molecule has 86 valence electrons.